The van der Waals surface area contributed by atoms with Crippen LogP contribution in [-0.4, -0.2) is 109 Å². The van der Waals surface area contributed by atoms with E-state index in [1.165, 1.54) is 33.7 Å². The first-order chi connectivity index (χ1) is 22.4. The summed E-state index contributed by atoms with van der Waals surface area (Å²) in [6.45, 7) is 3.89. The first-order valence-corrected chi connectivity index (χ1v) is 17.2. The number of H-pyrrole nitrogens is 1. The minimum absolute atomic E-state index is 0.0116. The van der Waals surface area contributed by atoms with Crippen LogP contribution in [0.3, 0.4) is 0 Å². The van der Waals surface area contributed by atoms with Crippen molar-refractivity contribution in [2.24, 2.45) is 10.7 Å². The van der Waals surface area contributed by atoms with Gasteiger partial charge in [-0.3, -0.25) is 14.4 Å². The predicted molar refractivity (Wildman–Crippen MR) is 171 cm³/mol. The fourth-order valence-corrected chi connectivity index (χ4v) is 7.91. The number of carbonyl (C=O) groups is 4. The molecule has 2 aliphatic rings. The number of benzene rings is 1. The quantitative estimate of drug-likeness (QED) is 0.139. The number of nitrogens with one attached hydrogen (secondary N) is 3. The second kappa shape index (κ2) is 14.2. The van der Waals surface area contributed by atoms with Crippen LogP contribution in [-0.2, 0) is 42.1 Å². The number of nitrogens with two attached hydrogens (primary N) is 1. The van der Waals surface area contributed by atoms with Crippen molar-refractivity contribution in [1.82, 2.24) is 29.8 Å². The molecule has 16 nitrogen and oxygen atoms in total. The highest BCUT2D eigenvalue weighted by molar-refractivity contribution is 7.89. The molecule has 3 amide bonds. The Morgan fingerprint density at radius 1 is 1.21 bits per heavy atom. The standard InChI is InChI=1S/C29H36N8O8S2/c1-4-45-25(39)14-32-23(38)12-19-15-36(7-8-37(19)28(40)27-34-21-9-16(2)31-13-22(21)46-27)47(42,43)24-11-18-10-17(5-6-20(18)33-24)26(30)35-29(41)44-3/h5-6,10-11,16,19,31,33H,4,7-9,12-15H2,1-3H3,(H,32,38)(H2,30,35,41). The monoisotopic (exact) mass is 688 g/mol. The van der Waals surface area contributed by atoms with E-state index in [0.29, 0.717) is 29.4 Å². The van der Waals surface area contributed by atoms with Crippen molar-refractivity contribution in [1.29, 1.82) is 0 Å². The molecule has 1 fully saturated rings. The number of hydrogen-bond acceptors (Lipinski definition) is 11. The molecule has 2 unspecified atom stereocenters. The Hall–Kier alpha value is -4.39. The number of piperazine rings is 1. The summed E-state index contributed by atoms with van der Waals surface area (Å²) >= 11 is 1.29. The van der Waals surface area contributed by atoms with Gasteiger partial charge in [-0.25, -0.2) is 18.2 Å². The number of methoxy groups -OCH3 is 1. The number of nitrogens with zero attached hydrogens (tertiary/aromatic N) is 4. The number of aromatic amines is 1. The van der Waals surface area contributed by atoms with Gasteiger partial charge in [-0.1, -0.05) is 0 Å². The minimum atomic E-state index is -4.13. The summed E-state index contributed by atoms with van der Waals surface area (Å²) in [4.78, 5) is 63.6. The minimum Gasteiger partial charge on any atom is -0.465 e. The molecule has 0 aliphatic carbocycles. The lowest BCUT2D eigenvalue weighted by Gasteiger charge is -2.40. The predicted octanol–water partition coefficient (Wildman–Crippen LogP) is 0.715. The van der Waals surface area contributed by atoms with E-state index in [1.807, 2.05) is 6.92 Å². The van der Waals surface area contributed by atoms with Gasteiger partial charge in [0.05, 0.1) is 25.5 Å². The van der Waals surface area contributed by atoms with Crippen LogP contribution in [0.25, 0.3) is 10.9 Å². The number of amides is 3. The van der Waals surface area contributed by atoms with Gasteiger partial charge in [-0.2, -0.15) is 9.30 Å². The van der Waals surface area contributed by atoms with E-state index in [2.05, 4.69) is 30.3 Å². The molecule has 1 aromatic carbocycles. The number of aliphatic imine (C=N–C) groups is 1. The van der Waals surface area contributed by atoms with Gasteiger partial charge in [0, 0.05) is 66.4 Å². The summed E-state index contributed by atoms with van der Waals surface area (Å²) in [6, 6.07) is 5.59. The maximum atomic E-state index is 13.9. The van der Waals surface area contributed by atoms with Crippen LogP contribution in [0.15, 0.2) is 34.3 Å². The fourth-order valence-electron chi connectivity index (χ4n) is 5.43. The van der Waals surface area contributed by atoms with Crippen LogP contribution >= 0.6 is 11.3 Å². The summed E-state index contributed by atoms with van der Waals surface area (Å²) in [5.41, 5.74) is 7.65. The van der Waals surface area contributed by atoms with Gasteiger partial charge >= 0.3 is 12.1 Å². The van der Waals surface area contributed by atoms with Gasteiger partial charge in [-0.05, 0) is 38.1 Å². The number of esters is 1. The molecule has 47 heavy (non-hydrogen) atoms. The molecule has 4 heterocycles. The summed E-state index contributed by atoms with van der Waals surface area (Å²) in [5.74, 6) is -1.64. The lowest BCUT2D eigenvalue weighted by atomic mass is 10.1. The van der Waals surface area contributed by atoms with Crippen molar-refractivity contribution in [3.63, 3.8) is 0 Å². The Labute approximate surface area is 274 Å². The zero-order valence-corrected chi connectivity index (χ0v) is 27.7. The number of ether oxygens (including phenoxy) is 2. The third-order valence-electron chi connectivity index (χ3n) is 7.83. The molecular weight excluding hydrogens is 653 g/mol. The molecule has 18 heteroatoms. The van der Waals surface area contributed by atoms with Gasteiger partial charge in [0.2, 0.25) is 5.91 Å². The summed E-state index contributed by atoms with van der Waals surface area (Å²) in [5, 5.41) is 6.52. The van der Waals surface area contributed by atoms with E-state index in [4.69, 9.17) is 10.5 Å². The second-order valence-corrected chi connectivity index (χ2v) is 14.1. The Morgan fingerprint density at radius 3 is 2.74 bits per heavy atom. The van der Waals surface area contributed by atoms with Crippen molar-refractivity contribution >= 4 is 62.0 Å². The fraction of sp³-hybridized carbons (Fsp3) is 0.448. The lowest BCUT2D eigenvalue weighted by molar-refractivity contribution is -0.143. The number of thiazole rings is 1. The van der Waals surface area contributed by atoms with Crippen molar-refractivity contribution in [2.45, 2.75) is 50.3 Å². The highest BCUT2D eigenvalue weighted by atomic mass is 32.2. The highest BCUT2D eigenvalue weighted by Gasteiger charge is 2.39. The molecular formula is C29H36N8O8S2. The molecule has 252 valence electrons. The summed E-state index contributed by atoms with van der Waals surface area (Å²) in [7, 11) is -2.95. The van der Waals surface area contributed by atoms with Gasteiger partial charge in [0.25, 0.3) is 15.9 Å². The number of aromatic nitrogens is 2. The smallest absolute Gasteiger partial charge is 0.435 e. The van der Waals surface area contributed by atoms with Crippen LogP contribution in [0.4, 0.5) is 4.79 Å². The van der Waals surface area contributed by atoms with Crippen molar-refractivity contribution < 1.29 is 37.1 Å². The Balaban J connectivity index is 1.38. The number of sulfonamides is 1. The molecule has 0 saturated carbocycles. The largest absolute Gasteiger partial charge is 0.465 e. The summed E-state index contributed by atoms with van der Waals surface area (Å²) in [6.07, 6.45) is -0.445. The number of rotatable bonds is 9. The molecule has 5 rings (SSSR count). The first kappa shape index (κ1) is 34.0. The average Bonchev–Trinajstić information content (AvgIpc) is 3.68. The zero-order valence-electron chi connectivity index (χ0n) is 26.1. The van der Waals surface area contributed by atoms with Crippen LogP contribution in [0.2, 0.25) is 0 Å². The van der Waals surface area contributed by atoms with E-state index in [9.17, 15) is 27.6 Å². The Bertz CT molecular complexity index is 1840. The third-order valence-corrected chi connectivity index (χ3v) is 10.7. The highest BCUT2D eigenvalue weighted by Crippen LogP contribution is 2.29. The maximum Gasteiger partial charge on any atom is 0.435 e. The second-order valence-electron chi connectivity index (χ2n) is 11.1. The molecule has 2 aliphatic heterocycles. The van der Waals surface area contributed by atoms with Crippen LogP contribution < -0.4 is 16.4 Å². The van der Waals surface area contributed by atoms with E-state index in [0.717, 1.165) is 10.6 Å². The molecule has 0 spiro atoms. The Morgan fingerprint density at radius 2 is 2.00 bits per heavy atom. The van der Waals surface area contributed by atoms with Gasteiger partial charge in [-0.15, -0.1) is 11.3 Å². The molecule has 2 atom stereocenters. The van der Waals surface area contributed by atoms with E-state index in [1.54, 1.807) is 25.1 Å². The van der Waals surface area contributed by atoms with Gasteiger partial charge < -0.3 is 35.7 Å². The normalized spacial score (nSPS) is 18.9. The molecule has 3 aromatic rings. The Kier molecular flexibility index (Phi) is 10.2. The number of hydrogen-bond donors (Lipinski definition) is 4. The van der Waals surface area contributed by atoms with Crippen LogP contribution in [0, 0.1) is 0 Å². The zero-order chi connectivity index (χ0) is 33.9. The lowest BCUT2D eigenvalue weighted by Crippen LogP contribution is -2.57. The third kappa shape index (κ3) is 7.61. The molecule has 5 N–H and O–H groups in total. The van der Waals surface area contributed by atoms with Crippen molar-refractivity contribution in [2.75, 3.05) is 39.9 Å². The maximum absolute atomic E-state index is 13.9. The van der Waals surface area contributed by atoms with Crippen molar-refractivity contribution in [3.8, 4) is 0 Å². The number of amidine groups is 1. The average molecular weight is 689 g/mol. The van der Waals surface area contributed by atoms with E-state index >= 15 is 0 Å². The molecule has 0 radical (unpaired) electrons. The number of fused-ring (bicyclic) bond motifs is 2. The topological polar surface area (TPSA) is 218 Å². The van der Waals surface area contributed by atoms with Crippen molar-refractivity contribution in [3.05, 3.63) is 45.4 Å². The molecule has 2 aromatic heterocycles. The molecule has 1 saturated heterocycles. The molecule has 0 bridgehead atoms. The number of carbonyl (C=O) groups excluding carboxylic acids is 4. The van der Waals surface area contributed by atoms with Crippen LogP contribution in [0.1, 0.15) is 46.2 Å². The van der Waals surface area contributed by atoms with Gasteiger partial charge in [0.15, 0.2) is 5.01 Å². The SMILES string of the molecule is CCOC(=O)CNC(=O)CC1CN(S(=O)(=O)c2cc3cc(C(N)=NC(=O)OC)ccc3[nH]2)CCN1C(=O)c1nc2c(s1)CNC(C)C2. The van der Waals surface area contributed by atoms with Crippen LogP contribution in [0.5, 0.6) is 0 Å². The first-order valence-electron chi connectivity index (χ1n) is 14.9. The van der Waals surface area contributed by atoms with Gasteiger partial charge in [0.1, 0.15) is 17.4 Å². The van der Waals surface area contributed by atoms with E-state index in [-0.39, 0.29) is 67.0 Å². The summed E-state index contributed by atoms with van der Waals surface area (Å²) < 4.78 is 38.4. The van der Waals surface area contributed by atoms with E-state index < -0.39 is 34.0 Å².